The predicted molar refractivity (Wildman–Crippen MR) is 71.5 cm³/mol. The lowest BCUT2D eigenvalue weighted by Crippen LogP contribution is -2.23. The van der Waals surface area contributed by atoms with Crippen LogP contribution < -0.4 is 5.56 Å². The van der Waals surface area contributed by atoms with Gasteiger partial charge in [-0.3, -0.25) is 9.78 Å². The lowest BCUT2D eigenvalue weighted by Gasteiger charge is -2.16. The van der Waals surface area contributed by atoms with Crippen LogP contribution in [0.25, 0.3) is 0 Å². The minimum absolute atomic E-state index is 0.294. The van der Waals surface area contributed by atoms with Crippen molar-refractivity contribution in [3.63, 3.8) is 0 Å². The van der Waals surface area contributed by atoms with Crippen molar-refractivity contribution in [3.8, 4) is 0 Å². The van der Waals surface area contributed by atoms with Crippen molar-refractivity contribution in [2.45, 2.75) is 19.1 Å². The summed E-state index contributed by atoms with van der Waals surface area (Å²) in [5.74, 6) is 0. The number of hydrogen-bond acceptors (Lipinski definition) is 2. The number of nitrogens with zero attached hydrogens (tertiary/aromatic N) is 2. The molecule has 3 nitrogen and oxygen atoms in total. The first-order valence-electron chi connectivity index (χ1n) is 5.70. The largest absolute Gasteiger partial charge is 0.433 e. The van der Waals surface area contributed by atoms with Crippen LogP contribution in [0, 0.1) is 0 Å². The fraction of sp³-hybridized carbons (Fsp3) is 0.231. The van der Waals surface area contributed by atoms with Gasteiger partial charge in [-0.2, -0.15) is 13.2 Å². The molecule has 0 saturated carbocycles. The van der Waals surface area contributed by atoms with Crippen LogP contribution in [0.2, 0.25) is 0 Å². The van der Waals surface area contributed by atoms with Gasteiger partial charge in [0, 0.05) is 22.9 Å². The highest BCUT2D eigenvalue weighted by molar-refractivity contribution is 9.10. The second-order valence-electron chi connectivity index (χ2n) is 4.24. The molecule has 0 aliphatic heterocycles. The van der Waals surface area contributed by atoms with Gasteiger partial charge in [0.2, 0.25) is 0 Å². The van der Waals surface area contributed by atoms with E-state index in [2.05, 4.69) is 20.9 Å². The highest BCUT2D eigenvalue weighted by Gasteiger charge is 2.32. The average Bonchev–Trinajstić information content (AvgIpc) is 2.37. The molecule has 0 fully saturated rings. The number of hydrogen-bond donors (Lipinski definition) is 0. The highest BCUT2D eigenvalue weighted by Crippen LogP contribution is 2.29. The first-order valence-corrected chi connectivity index (χ1v) is 6.49. The lowest BCUT2D eigenvalue weighted by atomic mass is 10.1. The molecule has 2 aromatic heterocycles. The smallest absolute Gasteiger partial charge is 0.308 e. The number of aromatic nitrogens is 2. The van der Waals surface area contributed by atoms with E-state index in [0.717, 1.165) is 12.3 Å². The van der Waals surface area contributed by atoms with E-state index in [9.17, 15) is 18.0 Å². The van der Waals surface area contributed by atoms with Crippen LogP contribution in [0.1, 0.15) is 24.2 Å². The number of alkyl halides is 3. The van der Waals surface area contributed by atoms with Gasteiger partial charge in [0.1, 0.15) is 5.69 Å². The molecule has 1 unspecified atom stereocenters. The van der Waals surface area contributed by atoms with E-state index < -0.39 is 17.9 Å². The second kappa shape index (κ2) is 5.40. The molecule has 0 amide bonds. The molecule has 0 aliphatic rings. The Morgan fingerprint density at radius 2 is 2.00 bits per heavy atom. The molecule has 7 heteroatoms. The summed E-state index contributed by atoms with van der Waals surface area (Å²) in [6.45, 7) is 1.66. The molecule has 106 valence electrons. The van der Waals surface area contributed by atoms with E-state index in [0.29, 0.717) is 10.0 Å². The summed E-state index contributed by atoms with van der Waals surface area (Å²) in [6.07, 6.45) is -1.87. The molecule has 2 aromatic rings. The maximum atomic E-state index is 12.6. The number of halogens is 4. The Morgan fingerprint density at radius 1 is 1.30 bits per heavy atom. The van der Waals surface area contributed by atoms with Gasteiger partial charge in [0.05, 0.1) is 6.04 Å². The first kappa shape index (κ1) is 14.8. The SMILES string of the molecule is CC(c1ccnc(C(F)(F)F)c1)n1ccc(Br)cc1=O. The molecule has 20 heavy (non-hydrogen) atoms. The van der Waals surface area contributed by atoms with E-state index in [1.54, 1.807) is 13.0 Å². The normalized spacial score (nSPS) is 13.2. The molecule has 2 rings (SSSR count). The van der Waals surface area contributed by atoms with Crippen LogP contribution in [-0.4, -0.2) is 9.55 Å². The molecule has 0 aliphatic carbocycles. The lowest BCUT2D eigenvalue weighted by molar-refractivity contribution is -0.141. The maximum Gasteiger partial charge on any atom is 0.433 e. The Kier molecular flexibility index (Phi) is 3.99. The third-order valence-electron chi connectivity index (χ3n) is 2.88. The second-order valence-corrected chi connectivity index (χ2v) is 5.15. The van der Waals surface area contributed by atoms with E-state index in [4.69, 9.17) is 0 Å². The average molecular weight is 347 g/mol. The zero-order valence-electron chi connectivity index (χ0n) is 10.4. The molecule has 0 radical (unpaired) electrons. The third kappa shape index (κ3) is 3.09. The Labute approximate surface area is 121 Å². The van der Waals surface area contributed by atoms with Crippen LogP contribution in [0.15, 0.2) is 45.9 Å². The van der Waals surface area contributed by atoms with Crippen LogP contribution >= 0.6 is 15.9 Å². The van der Waals surface area contributed by atoms with Crippen molar-refractivity contribution in [1.29, 1.82) is 0 Å². The highest BCUT2D eigenvalue weighted by atomic mass is 79.9. The van der Waals surface area contributed by atoms with Crippen LogP contribution in [0.5, 0.6) is 0 Å². The summed E-state index contributed by atoms with van der Waals surface area (Å²) in [5.41, 5.74) is -0.888. The zero-order chi connectivity index (χ0) is 14.9. The molecule has 0 saturated heterocycles. The summed E-state index contributed by atoms with van der Waals surface area (Å²) in [6, 6.07) is 4.93. The van der Waals surface area contributed by atoms with Gasteiger partial charge in [-0.1, -0.05) is 15.9 Å². The van der Waals surface area contributed by atoms with E-state index in [-0.39, 0.29) is 5.56 Å². The van der Waals surface area contributed by atoms with Crippen molar-refractivity contribution in [2.24, 2.45) is 0 Å². The first-order chi connectivity index (χ1) is 9.29. The molecule has 0 bridgehead atoms. The molecule has 1 atom stereocenters. The van der Waals surface area contributed by atoms with Crippen molar-refractivity contribution in [3.05, 3.63) is 62.7 Å². The summed E-state index contributed by atoms with van der Waals surface area (Å²) in [7, 11) is 0. The molecule has 0 N–H and O–H groups in total. The monoisotopic (exact) mass is 346 g/mol. The Bertz CT molecular complexity index is 682. The minimum Gasteiger partial charge on any atom is -0.308 e. The molecule has 0 spiro atoms. The molecule has 2 heterocycles. The Morgan fingerprint density at radius 3 is 2.60 bits per heavy atom. The quantitative estimate of drug-likeness (QED) is 0.832. The van der Waals surface area contributed by atoms with Gasteiger partial charge in [0.25, 0.3) is 5.56 Å². The number of rotatable bonds is 2. The van der Waals surface area contributed by atoms with Crippen LogP contribution in [0.3, 0.4) is 0 Å². The van der Waals surface area contributed by atoms with Gasteiger partial charge in [-0.15, -0.1) is 0 Å². The van der Waals surface area contributed by atoms with Crippen LogP contribution in [-0.2, 0) is 6.18 Å². The molecular weight excluding hydrogens is 337 g/mol. The zero-order valence-corrected chi connectivity index (χ0v) is 11.9. The van der Waals surface area contributed by atoms with Crippen molar-refractivity contribution in [1.82, 2.24) is 9.55 Å². The van der Waals surface area contributed by atoms with E-state index in [1.165, 1.54) is 22.9 Å². The van der Waals surface area contributed by atoms with E-state index in [1.807, 2.05) is 0 Å². The number of pyridine rings is 2. The molecular formula is C13H10BrF3N2O. The maximum absolute atomic E-state index is 12.6. The summed E-state index contributed by atoms with van der Waals surface area (Å²) in [5, 5.41) is 0. The van der Waals surface area contributed by atoms with Gasteiger partial charge in [0.15, 0.2) is 0 Å². The van der Waals surface area contributed by atoms with Crippen molar-refractivity contribution in [2.75, 3.05) is 0 Å². The fourth-order valence-electron chi connectivity index (χ4n) is 1.81. The van der Waals surface area contributed by atoms with Gasteiger partial charge >= 0.3 is 6.18 Å². The standard InChI is InChI=1S/C13H10BrF3N2O/c1-8(19-5-3-10(14)7-12(19)20)9-2-4-18-11(6-9)13(15,16)17/h2-8H,1H3. The minimum atomic E-state index is -4.50. The summed E-state index contributed by atoms with van der Waals surface area (Å²) >= 11 is 3.17. The summed E-state index contributed by atoms with van der Waals surface area (Å²) in [4.78, 5) is 15.1. The molecule has 0 aromatic carbocycles. The van der Waals surface area contributed by atoms with Crippen molar-refractivity contribution < 1.29 is 13.2 Å². The predicted octanol–water partition coefficient (Wildman–Crippen LogP) is 3.63. The Hall–Kier alpha value is -1.63. The van der Waals surface area contributed by atoms with Crippen molar-refractivity contribution >= 4 is 15.9 Å². The van der Waals surface area contributed by atoms with Gasteiger partial charge in [-0.25, -0.2) is 0 Å². The Balaban J connectivity index is 2.43. The van der Waals surface area contributed by atoms with Gasteiger partial charge < -0.3 is 4.57 Å². The summed E-state index contributed by atoms with van der Waals surface area (Å²) < 4.78 is 39.9. The topological polar surface area (TPSA) is 34.9 Å². The van der Waals surface area contributed by atoms with Crippen LogP contribution in [0.4, 0.5) is 13.2 Å². The third-order valence-corrected chi connectivity index (χ3v) is 3.38. The van der Waals surface area contributed by atoms with Gasteiger partial charge in [-0.05, 0) is 30.7 Å². The fourth-order valence-corrected chi connectivity index (χ4v) is 2.12. The van der Waals surface area contributed by atoms with E-state index >= 15 is 0 Å².